The summed E-state index contributed by atoms with van der Waals surface area (Å²) in [6, 6.07) is -0.824. The van der Waals surface area contributed by atoms with Crippen molar-refractivity contribution in [1.82, 2.24) is 5.32 Å². The molecule has 430 valence electrons. The second-order valence-electron chi connectivity index (χ2n) is 20.7. The SMILES string of the molecule is CC/C=C\C/C=C\C/C=C\C/C=C\C/C=C\CCCCCCCCCCCCCCCCCCCCCC(=O)NC(COC1OC(CO)C(OC2OC(CO)C(O)C(O)C2O)C(O)C1O)C(O)CCCCCCC. The standard InChI is InChI=1S/C60H107NO13/c1-3-5-7-9-10-11-12-13-14-15-16-17-18-19-20-21-22-23-24-25-26-27-28-29-30-31-32-33-34-35-36-37-38-40-42-44-52(65)61-48(49(64)43-41-39-8-6-4-2)47-71-59-57(70)55(68)58(51(46-63)73-59)74-60-56(69)54(67)53(66)50(45-62)72-60/h5,7,10-11,13-14,16-17,19-20,48-51,53-60,62-64,66-70H,3-4,6,8-9,12,15,18,21-47H2,1-2H3,(H,61,65)/b7-5-,11-10-,14-13-,17-16-,20-19-. The van der Waals surface area contributed by atoms with Gasteiger partial charge in [-0.05, 0) is 57.8 Å². The normalized spacial score (nSPS) is 25.6. The monoisotopic (exact) mass is 1050 g/mol. The molecule has 2 aliphatic heterocycles. The highest BCUT2D eigenvalue weighted by molar-refractivity contribution is 5.76. The zero-order valence-corrected chi connectivity index (χ0v) is 46.1. The molecule has 12 atom stereocenters. The van der Waals surface area contributed by atoms with Crippen LogP contribution in [0, 0.1) is 0 Å². The number of carbonyl (C=O) groups excluding carboxylic acids is 1. The molecule has 12 unspecified atom stereocenters. The highest BCUT2D eigenvalue weighted by Crippen LogP contribution is 2.30. The van der Waals surface area contributed by atoms with Gasteiger partial charge in [0.05, 0.1) is 32.0 Å². The Morgan fingerprint density at radius 3 is 1.43 bits per heavy atom. The number of ether oxygens (including phenoxy) is 4. The molecule has 0 aliphatic carbocycles. The van der Waals surface area contributed by atoms with Crippen molar-refractivity contribution in [3.63, 3.8) is 0 Å². The summed E-state index contributed by atoms with van der Waals surface area (Å²) in [5.41, 5.74) is 0. The van der Waals surface area contributed by atoms with E-state index in [-0.39, 0.29) is 12.5 Å². The maximum atomic E-state index is 13.1. The summed E-state index contributed by atoms with van der Waals surface area (Å²) < 4.78 is 22.7. The highest BCUT2D eigenvalue weighted by Gasteiger charge is 2.51. The molecule has 74 heavy (non-hydrogen) atoms. The van der Waals surface area contributed by atoms with Gasteiger partial charge in [0.1, 0.15) is 48.8 Å². The number of hydrogen-bond donors (Lipinski definition) is 9. The van der Waals surface area contributed by atoms with Crippen molar-refractivity contribution in [2.75, 3.05) is 19.8 Å². The van der Waals surface area contributed by atoms with E-state index >= 15 is 0 Å². The van der Waals surface area contributed by atoms with Crippen LogP contribution in [0.4, 0.5) is 0 Å². The van der Waals surface area contributed by atoms with Crippen LogP contribution in [0.25, 0.3) is 0 Å². The number of hydrogen-bond acceptors (Lipinski definition) is 13. The van der Waals surface area contributed by atoms with E-state index in [0.717, 1.165) is 89.9 Å². The predicted molar refractivity (Wildman–Crippen MR) is 295 cm³/mol. The second kappa shape index (κ2) is 45.7. The van der Waals surface area contributed by atoms with Crippen LogP contribution in [-0.4, -0.2) is 140 Å². The number of nitrogens with one attached hydrogen (secondary N) is 1. The molecule has 0 aromatic heterocycles. The molecule has 0 bridgehead atoms. The Labute approximate surface area is 447 Å². The number of amides is 1. The van der Waals surface area contributed by atoms with Gasteiger partial charge in [-0.15, -0.1) is 0 Å². The van der Waals surface area contributed by atoms with Gasteiger partial charge in [-0.1, -0.05) is 216 Å². The van der Waals surface area contributed by atoms with Crippen LogP contribution in [0.15, 0.2) is 60.8 Å². The summed E-state index contributed by atoms with van der Waals surface area (Å²) >= 11 is 0. The third-order valence-electron chi connectivity index (χ3n) is 14.2. The Morgan fingerprint density at radius 1 is 0.500 bits per heavy atom. The lowest BCUT2D eigenvalue weighted by molar-refractivity contribution is -0.359. The van der Waals surface area contributed by atoms with Gasteiger partial charge in [0.15, 0.2) is 12.6 Å². The molecule has 2 fully saturated rings. The summed E-state index contributed by atoms with van der Waals surface area (Å²) in [7, 11) is 0. The first-order valence-corrected chi connectivity index (χ1v) is 29.5. The van der Waals surface area contributed by atoms with Crippen LogP contribution in [0.2, 0.25) is 0 Å². The van der Waals surface area contributed by atoms with Crippen molar-refractivity contribution in [1.29, 1.82) is 0 Å². The van der Waals surface area contributed by atoms with E-state index in [1.165, 1.54) is 103 Å². The number of carbonyl (C=O) groups is 1. The average Bonchev–Trinajstić information content (AvgIpc) is 3.40. The lowest BCUT2D eigenvalue weighted by atomic mass is 9.97. The number of allylic oxidation sites excluding steroid dienone is 10. The van der Waals surface area contributed by atoms with E-state index < -0.39 is 86.8 Å². The molecule has 2 saturated heterocycles. The zero-order chi connectivity index (χ0) is 53.9. The molecule has 0 spiro atoms. The molecule has 2 aliphatic rings. The van der Waals surface area contributed by atoms with Crippen LogP contribution in [0.3, 0.4) is 0 Å². The Morgan fingerprint density at radius 2 is 0.932 bits per heavy atom. The fourth-order valence-electron chi connectivity index (χ4n) is 9.50. The van der Waals surface area contributed by atoms with Crippen molar-refractivity contribution in [2.45, 2.75) is 293 Å². The van der Waals surface area contributed by atoms with E-state index in [1.54, 1.807) is 0 Å². The maximum Gasteiger partial charge on any atom is 0.220 e. The van der Waals surface area contributed by atoms with Crippen LogP contribution >= 0.6 is 0 Å². The molecular weight excluding hydrogens is 943 g/mol. The Kier molecular flexibility index (Phi) is 41.9. The Hall–Kier alpha value is -2.31. The smallest absolute Gasteiger partial charge is 0.220 e. The van der Waals surface area contributed by atoms with Crippen molar-refractivity contribution < 1.29 is 64.6 Å². The number of aliphatic hydroxyl groups excluding tert-OH is 8. The molecule has 9 N–H and O–H groups in total. The summed E-state index contributed by atoms with van der Waals surface area (Å²) in [5.74, 6) is -0.213. The highest BCUT2D eigenvalue weighted by atomic mass is 16.7. The fraction of sp³-hybridized carbons (Fsp3) is 0.817. The number of unbranched alkanes of at least 4 members (excludes halogenated alkanes) is 23. The Balaban J connectivity index is 1.52. The van der Waals surface area contributed by atoms with E-state index in [2.05, 4.69) is 79.9 Å². The van der Waals surface area contributed by atoms with Crippen molar-refractivity contribution >= 4 is 5.91 Å². The molecule has 2 rings (SSSR count). The first-order chi connectivity index (χ1) is 36.1. The molecule has 14 heteroatoms. The lowest BCUT2D eigenvalue weighted by Crippen LogP contribution is -2.65. The molecule has 0 radical (unpaired) electrons. The first-order valence-electron chi connectivity index (χ1n) is 29.5. The van der Waals surface area contributed by atoms with Crippen LogP contribution in [0.5, 0.6) is 0 Å². The number of aliphatic hydroxyl groups is 8. The largest absolute Gasteiger partial charge is 0.394 e. The van der Waals surface area contributed by atoms with Gasteiger partial charge < -0.3 is 65.1 Å². The second-order valence-corrected chi connectivity index (χ2v) is 20.7. The molecule has 14 nitrogen and oxygen atoms in total. The van der Waals surface area contributed by atoms with Gasteiger partial charge in [0.2, 0.25) is 5.91 Å². The lowest BCUT2D eigenvalue weighted by Gasteiger charge is -2.46. The van der Waals surface area contributed by atoms with Crippen molar-refractivity contribution in [3.05, 3.63) is 60.8 Å². The van der Waals surface area contributed by atoms with Crippen LogP contribution in [-0.2, 0) is 23.7 Å². The minimum atomic E-state index is -1.78. The summed E-state index contributed by atoms with van der Waals surface area (Å²) in [5, 5.41) is 86.5. The van der Waals surface area contributed by atoms with Gasteiger partial charge in [-0.3, -0.25) is 4.79 Å². The quantitative estimate of drug-likeness (QED) is 0.0205. The maximum absolute atomic E-state index is 13.1. The molecule has 1 amide bonds. The minimum absolute atomic E-state index is 0.213. The predicted octanol–water partition coefficient (Wildman–Crippen LogP) is 9.78. The minimum Gasteiger partial charge on any atom is -0.394 e. The summed E-state index contributed by atoms with van der Waals surface area (Å²) in [4.78, 5) is 13.1. The fourth-order valence-corrected chi connectivity index (χ4v) is 9.50. The van der Waals surface area contributed by atoms with E-state index in [1.807, 2.05) is 0 Å². The van der Waals surface area contributed by atoms with Crippen LogP contribution in [0.1, 0.15) is 219 Å². The topological polar surface area (TPSA) is 228 Å². The number of rotatable bonds is 46. The Bertz CT molecular complexity index is 1470. The molecule has 0 saturated carbocycles. The third kappa shape index (κ3) is 31.2. The molecule has 0 aromatic carbocycles. The van der Waals surface area contributed by atoms with Gasteiger partial charge in [0, 0.05) is 6.42 Å². The first kappa shape index (κ1) is 67.8. The van der Waals surface area contributed by atoms with Crippen LogP contribution < -0.4 is 5.32 Å². The van der Waals surface area contributed by atoms with Crippen molar-refractivity contribution in [3.8, 4) is 0 Å². The van der Waals surface area contributed by atoms with Gasteiger partial charge in [-0.25, -0.2) is 0 Å². The van der Waals surface area contributed by atoms with Gasteiger partial charge in [-0.2, -0.15) is 0 Å². The van der Waals surface area contributed by atoms with Crippen molar-refractivity contribution in [2.24, 2.45) is 0 Å². The molecular formula is C60H107NO13. The van der Waals surface area contributed by atoms with E-state index in [0.29, 0.717) is 12.8 Å². The van der Waals surface area contributed by atoms with Gasteiger partial charge in [0.25, 0.3) is 0 Å². The van der Waals surface area contributed by atoms with E-state index in [4.69, 9.17) is 18.9 Å². The summed E-state index contributed by atoms with van der Waals surface area (Å²) in [6.07, 6.45) is 41.8. The third-order valence-corrected chi connectivity index (χ3v) is 14.2. The summed E-state index contributed by atoms with van der Waals surface area (Å²) in [6.45, 7) is 2.64. The molecule has 0 aromatic rings. The van der Waals surface area contributed by atoms with E-state index in [9.17, 15) is 45.6 Å². The van der Waals surface area contributed by atoms with Gasteiger partial charge >= 0.3 is 0 Å². The molecule has 2 heterocycles. The average molecular weight is 1050 g/mol. The zero-order valence-electron chi connectivity index (χ0n) is 46.1.